The van der Waals surface area contributed by atoms with Crippen LogP contribution in [0.3, 0.4) is 0 Å². The summed E-state index contributed by atoms with van der Waals surface area (Å²) in [7, 11) is 0. The highest BCUT2D eigenvalue weighted by Crippen LogP contribution is 2.41. The molecule has 1 aromatic carbocycles. The van der Waals surface area contributed by atoms with Crippen molar-refractivity contribution in [1.29, 1.82) is 0 Å². The minimum Gasteiger partial charge on any atom is -0.345 e. The average molecular weight is 393 g/mol. The third-order valence-corrected chi connectivity index (χ3v) is 5.71. The van der Waals surface area contributed by atoms with Crippen molar-refractivity contribution in [2.24, 2.45) is 0 Å². The maximum absolute atomic E-state index is 12.6. The fourth-order valence-electron chi connectivity index (χ4n) is 3.66. The first-order valence-electron chi connectivity index (χ1n) is 8.94. The van der Waals surface area contributed by atoms with Crippen molar-refractivity contribution in [2.45, 2.75) is 56.9 Å². The Hall–Kier alpha value is -1.36. The SMILES string of the molecule is O=C(CN1CCCCCCC1=O)NC1(c2cccc(Br)c2)CCC1. The number of carbonyl (C=O) groups excluding carboxylic acids is 2. The van der Waals surface area contributed by atoms with E-state index >= 15 is 0 Å². The summed E-state index contributed by atoms with van der Waals surface area (Å²) in [4.78, 5) is 26.5. The van der Waals surface area contributed by atoms with E-state index in [2.05, 4.69) is 33.4 Å². The van der Waals surface area contributed by atoms with Crippen LogP contribution in [0.25, 0.3) is 0 Å². The molecule has 24 heavy (non-hydrogen) atoms. The standard InChI is InChI=1S/C19H25BrN2O2/c20-16-8-5-7-15(13-16)19(10-6-11-19)21-17(23)14-22-12-4-2-1-3-9-18(22)24/h5,7-8,13H,1-4,6,9-12,14H2,(H,21,23). The Bertz CT molecular complexity index is 613. The second-order valence-electron chi connectivity index (χ2n) is 6.97. The quantitative estimate of drug-likeness (QED) is 0.848. The summed E-state index contributed by atoms with van der Waals surface area (Å²) in [6, 6.07) is 8.16. The minimum absolute atomic E-state index is 0.0383. The normalized spacial score (nSPS) is 20.7. The molecule has 0 radical (unpaired) electrons. The highest BCUT2D eigenvalue weighted by molar-refractivity contribution is 9.10. The molecular weight excluding hydrogens is 368 g/mol. The van der Waals surface area contributed by atoms with Crippen LogP contribution in [0.1, 0.15) is 56.9 Å². The number of carbonyl (C=O) groups is 2. The van der Waals surface area contributed by atoms with E-state index in [1.165, 1.54) is 0 Å². The molecule has 0 atom stereocenters. The Morgan fingerprint density at radius 3 is 2.67 bits per heavy atom. The van der Waals surface area contributed by atoms with Crippen molar-refractivity contribution in [1.82, 2.24) is 10.2 Å². The molecule has 1 N–H and O–H groups in total. The number of amides is 2. The van der Waals surface area contributed by atoms with Gasteiger partial charge in [0.25, 0.3) is 0 Å². The lowest BCUT2D eigenvalue weighted by Gasteiger charge is -2.43. The van der Waals surface area contributed by atoms with Gasteiger partial charge in [0.2, 0.25) is 11.8 Å². The lowest BCUT2D eigenvalue weighted by atomic mass is 9.72. The smallest absolute Gasteiger partial charge is 0.240 e. The van der Waals surface area contributed by atoms with Crippen LogP contribution in [0.5, 0.6) is 0 Å². The van der Waals surface area contributed by atoms with Crippen molar-refractivity contribution in [3.05, 3.63) is 34.3 Å². The predicted octanol–water partition coefficient (Wildman–Crippen LogP) is 3.74. The summed E-state index contributed by atoms with van der Waals surface area (Å²) >= 11 is 3.51. The molecule has 1 aromatic rings. The van der Waals surface area contributed by atoms with Gasteiger partial charge in [0.05, 0.1) is 12.1 Å². The molecule has 2 aliphatic rings. The lowest BCUT2D eigenvalue weighted by Crippen LogP contribution is -2.54. The Morgan fingerprint density at radius 1 is 1.17 bits per heavy atom. The zero-order valence-corrected chi connectivity index (χ0v) is 15.6. The van der Waals surface area contributed by atoms with Crippen molar-refractivity contribution >= 4 is 27.7 Å². The third kappa shape index (κ3) is 4.00. The van der Waals surface area contributed by atoms with Gasteiger partial charge in [0, 0.05) is 17.4 Å². The summed E-state index contributed by atoms with van der Waals surface area (Å²) in [6.07, 6.45) is 7.83. The van der Waals surface area contributed by atoms with E-state index in [1.807, 2.05) is 12.1 Å². The largest absolute Gasteiger partial charge is 0.345 e. The first kappa shape index (κ1) is 17.5. The van der Waals surface area contributed by atoms with Crippen LogP contribution in [0.4, 0.5) is 0 Å². The van der Waals surface area contributed by atoms with E-state index in [9.17, 15) is 9.59 Å². The summed E-state index contributed by atoms with van der Waals surface area (Å²) < 4.78 is 1.03. The Labute approximate surface area is 152 Å². The molecular formula is C19H25BrN2O2. The Balaban J connectivity index is 1.65. The number of hydrogen-bond donors (Lipinski definition) is 1. The maximum atomic E-state index is 12.6. The van der Waals surface area contributed by atoms with Crippen molar-refractivity contribution in [2.75, 3.05) is 13.1 Å². The first-order chi connectivity index (χ1) is 11.6. The molecule has 1 saturated heterocycles. The Morgan fingerprint density at radius 2 is 1.96 bits per heavy atom. The van der Waals surface area contributed by atoms with Crippen molar-refractivity contribution in [3.8, 4) is 0 Å². The number of likely N-dealkylation sites (tertiary alicyclic amines) is 1. The first-order valence-corrected chi connectivity index (χ1v) is 9.73. The van der Waals surface area contributed by atoms with Gasteiger partial charge in [0.1, 0.15) is 0 Å². The molecule has 5 heteroatoms. The van der Waals surface area contributed by atoms with E-state index in [-0.39, 0.29) is 23.9 Å². The molecule has 0 bridgehead atoms. The zero-order chi connectivity index (χ0) is 17.0. The monoisotopic (exact) mass is 392 g/mol. The number of rotatable bonds is 4. The molecule has 130 valence electrons. The predicted molar refractivity (Wildman–Crippen MR) is 97.5 cm³/mol. The number of benzene rings is 1. The van der Waals surface area contributed by atoms with E-state index in [0.29, 0.717) is 13.0 Å². The molecule has 0 unspecified atom stereocenters. The zero-order valence-electron chi connectivity index (χ0n) is 14.0. The number of nitrogens with one attached hydrogen (secondary N) is 1. The summed E-state index contributed by atoms with van der Waals surface area (Å²) in [5.41, 5.74) is 0.891. The molecule has 1 aliphatic carbocycles. The van der Waals surface area contributed by atoms with Crippen LogP contribution in [0, 0.1) is 0 Å². The number of hydrogen-bond acceptors (Lipinski definition) is 2. The Kier molecular flexibility index (Phi) is 5.59. The summed E-state index contributed by atoms with van der Waals surface area (Å²) in [6.45, 7) is 0.894. The van der Waals surface area contributed by atoms with E-state index < -0.39 is 0 Å². The highest BCUT2D eigenvalue weighted by Gasteiger charge is 2.40. The van der Waals surface area contributed by atoms with Crippen LogP contribution in [0.2, 0.25) is 0 Å². The molecule has 2 amide bonds. The minimum atomic E-state index is -0.257. The molecule has 1 saturated carbocycles. The number of halogens is 1. The average Bonchev–Trinajstić information content (AvgIpc) is 2.51. The van der Waals surface area contributed by atoms with Crippen LogP contribution < -0.4 is 5.32 Å². The lowest BCUT2D eigenvalue weighted by molar-refractivity contribution is -0.137. The second kappa shape index (κ2) is 7.68. The van der Waals surface area contributed by atoms with Gasteiger partial charge in [-0.15, -0.1) is 0 Å². The van der Waals surface area contributed by atoms with Gasteiger partial charge in [-0.05, 0) is 49.8 Å². The van der Waals surface area contributed by atoms with Crippen molar-refractivity contribution < 1.29 is 9.59 Å². The van der Waals surface area contributed by atoms with Crippen LogP contribution in [0.15, 0.2) is 28.7 Å². The van der Waals surface area contributed by atoms with Crippen molar-refractivity contribution in [3.63, 3.8) is 0 Å². The van der Waals surface area contributed by atoms with E-state index in [0.717, 1.165) is 55.0 Å². The van der Waals surface area contributed by atoms with Gasteiger partial charge >= 0.3 is 0 Å². The highest BCUT2D eigenvalue weighted by atomic mass is 79.9. The van der Waals surface area contributed by atoms with E-state index in [1.54, 1.807) is 4.90 Å². The van der Waals surface area contributed by atoms with Gasteiger partial charge in [-0.2, -0.15) is 0 Å². The molecule has 1 aliphatic heterocycles. The second-order valence-corrected chi connectivity index (χ2v) is 7.89. The molecule has 1 heterocycles. The van der Waals surface area contributed by atoms with Gasteiger partial charge in [-0.25, -0.2) is 0 Å². The van der Waals surface area contributed by atoms with Gasteiger partial charge in [-0.3, -0.25) is 9.59 Å². The van der Waals surface area contributed by atoms with Gasteiger partial charge in [-0.1, -0.05) is 40.9 Å². The molecule has 0 aromatic heterocycles. The fraction of sp³-hybridized carbons (Fsp3) is 0.579. The van der Waals surface area contributed by atoms with E-state index in [4.69, 9.17) is 0 Å². The van der Waals surface area contributed by atoms with Crippen LogP contribution in [-0.2, 0) is 15.1 Å². The molecule has 3 rings (SSSR count). The number of nitrogens with zero attached hydrogens (tertiary/aromatic N) is 1. The summed E-state index contributed by atoms with van der Waals surface area (Å²) in [5, 5.41) is 3.22. The van der Waals surface area contributed by atoms with Crippen LogP contribution in [-0.4, -0.2) is 29.8 Å². The molecule has 2 fully saturated rings. The van der Waals surface area contributed by atoms with Gasteiger partial charge in [0.15, 0.2) is 0 Å². The fourth-order valence-corrected chi connectivity index (χ4v) is 4.06. The van der Waals surface area contributed by atoms with Crippen LogP contribution >= 0.6 is 15.9 Å². The van der Waals surface area contributed by atoms with Gasteiger partial charge < -0.3 is 10.2 Å². The topological polar surface area (TPSA) is 49.4 Å². The molecule has 0 spiro atoms. The maximum Gasteiger partial charge on any atom is 0.240 e. The summed E-state index contributed by atoms with van der Waals surface area (Å²) in [5.74, 6) is 0.0820. The third-order valence-electron chi connectivity index (χ3n) is 5.22. The molecule has 4 nitrogen and oxygen atoms in total.